The van der Waals surface area contributed by atoms with Gasteiger partial charge in [-0.25, -0.2) is 4.98 Å². The summed E-state index contributed by atoms with van der Waals surface area (Å²) in [6, 6.07) is 1.78. The van der Waals surface area contributed by atoms with Gasteiger partial charge < -0.3 is 5.11 Å². The Morgan fingerprint density at radius 1 is 1.91 bits per heavy atom. The van der Waals surface area contributed by atoms with E-state index in [9.17, 15) is 5.11 Å². The molecule has 0 aromatic carbocycles. The molecule has 0 amide bonds. The van der Waals surface area contributed by atoms with Gasteiger partial charge in [0.2, 0.25) is 0 Å². The number of nitrogens with zero attached hydrogens (tertiary/aromatic N) is 2. The molecule has 0 saturated carbocycles. The fourth-order valence-electron chi connectivity index (χ4n) is 0.580. The van der Waals surface area contributed by atoms with Gasteiger partial charge in [0.15, 0.2) is 0 Å². The second-order valence-corrected chi connectivity index (χ2v) is 2.84. The molecule has 1 unspecified atom stereocenters. The Kier molecular flexibility index (Phi) is 2.36. The quantitative estimate of drug-likeness (QED) is 0.673. The van der Waals surface area contributed by atoms with Crippen molar-refractivity contribution in [3.63, 3.8) is 0 Å². The van der Waals surface area contributed by atoms with E-state index in [4.69, 9.17) is 5.26 Å². The molecule has 0 radical (unpaired) electrons. The van der Waals surface area contributed by atoms with Crippen LogP contribution in [0.4, 0.5) is 0 Å². The summed E-state index contributed by atoms with van der Waals surface area (Å²) < 4.78 is 0. The topological polar surface area (TPSA) is 56.9 Å². The van der Waals surface area contributed by atoms with Crippen LogP contribution in [0.1, 0.15) is 11.1 Å². The predicted octanol–water partition coefficient (Wildman–Crippen LogP) is 1.26. The summed E-state index contributed by atoms with van der Waals surface area (Å²) in [6.07, 6.45) is 0.647. The molecule has 0 spiro atoms. The standard InChI is InChI=1S/C7H6N2OS/c1-5(4-8)6(10)7-9-2-3-11-7/h2-3,6,10H,1H2. The van der Waals surface area contributed by atoms with Crippen LogP contribution in [0.25, 0.3) is 0 Å². The molecule has 1 aromatic rings. The molecule has 1 atom stereocenters. The zero-order valence-electron chi connectivity index (χ0n) is 5.69. The Bertz CT molecular complexity index is 286. The Labute approximate surface area is 68.2 Å². The molecule has 1 heterocycles. The van der Waals surface area contributed by atoms with Crippen LogP contribution in [0.5, 0.6) is 0 Å². The number of hydrogen-bond acceptors (Lipinski definition) is 4. The van der Waals surface area contributed by atoms with Gasteiger partial charge in [0.1, 0.15) is 11.1 Å². The molecule has 1 rings (SSSR count). The zero-order valence-corrected chi connectivity index (χ0v) is 6.51. The van der Waals surface area contributed by atoms with E-state index in [-0.39, 0.29) is 5.57 Å². The van der Waals surface area contributed by atoms with Crippen LogP contribution in [0.15, 0.2) is 23.7 Å². The van der Waals surface area contributed by atoms with Crippen LogP contribution < -0.4 is 0 Å². The third kappa shape index (κ3) is 1.64. The van der Waals surface area contributed by atoms with Crippen molar-refractivity contribution in [2.45, 2.75) is 6.10 Å². The summed E-state index contributed by atoms with van der Waals surface area (Å²) in [5, 5.41) is 19.9. The number of thiazole rings is 1. The van der Waals surface area contributed by atoms with Gasteiger partial charge in [-0.2, -0.15) is 5.26 Å². The molecule has 0 bridgehead atoms. The first kappa shape index (κ1) is 7.92. The minimum atomic E-state index is -0.931. The third-order valence-electron chi connectivity index (χ3n) is 1.16. The van der Waals surface area contributed by atoms with E-state index < -0.39 is 6.10 Å². The summed E-state index contributed by atoms with van der Waals surface area (Å²) in [7, 11) is 0. The molecule has 0 saturated heterocycles. The Morgan fingerprint density at radius 3 is 3.09 bits per heavy atom. The van der Waals surface area contributed by atoms with Gasteiger partial charge in [0, 0.05) is 11.6 Å². The summed E-state index contributed by atoms with van der Waals surface area (Å²) in [5.74, 6) is 0. The van der Waals surface area contributed by atoms with Crippen LogP contribution in [-0.4, -0.2) is 10.1 Å². The molecule has 3 nitrogen and oxygen atoms in total. The molecule has 0 aliphatic rings. The highest BCUT2D eigenvalue weighted by molar-refractivity contribution is 7.09. The summed E-state index contributed by atoms with van der Waals surface area (Å²) in [4.78, 5) is 3.84. The SMILES string of the molecule is C=C(C#N)C(O)c1nccs1. The minimum absolute atomic E-state index is 0.125. The summed E-state index contributed by atoms with van der Waals surface area (Å²) in [5.41, 5.74) is 0.125. The van der Waals surface area contributed by atoms with Gasteiger partial charge in [0.05, 0.1) is 11.6 Å². The van der Waals surface area contributed by atoms with Gasteiger partial charge in [-0.05, 0) is 0 Å². The fraction of sp³-hybridized carbons (Fsp3) is 0.143. The number of hydrogen-bond donors (Lipinski definition) is 1. The lowest BCUT2D eigenvalue weighted by atomic mass is 10.2. The first-order chi connectivity index (χ1) is 5.25. The van der Waals surface area contributed by atoms with E-state index in [0.717, 1.165) is 0 Å². The lowest BCUT2D eigenvalue weighted by molar-refractivity contribution is 0.220. The molecule has 0 fully saturated rings. The van der Waals surface area contributed by atoms with E-state index in [1.807, 2.05) is 0 Å². The maximum absolute atomic E-state index is 9.30. The molecular formula is C7H6N2OS. The molecule has 4 heteroatoms. The molecular weight excluding hydrogens is 160 g/mol. The van der Waals surface area contributed by atoms with E-state index in [1.165, 1.54) is 11.3 Å². The van der Waals surface area contributed by atoms with Crippen molar-refractivity contribution in [2.75, 3.05) is 0 Å². The Balaban J connectivity index is 2.80. The molecule has 56 valence electrons. The molecule has 0 aliphatic carbocycles. The van der Waals surface area contributed by atoms with Crippen LogP contribution >= 0.6 is 11.3 Å². The number of aliphatic hydroxyl groups excluding tert-OH is 1. The van der Waals surface area contributed by atoms with E-state index in [2.05, 4.69) is 11.6 Å². The molecule has 1 aromatic heterocycles. The van der Waals surface area contributed by atoms with Gasteiger partial charge in [0.25, 0.3) is 0 Å². The van der Waals surface area contributed by atoms with E-state index in [0.29, 0.717) is 5.01 Å². The van der Waals surface area contributed by atoms with E-state index >= 15 is 0 Å². The maximum atomic E-state index is 9.30. The Hall–Kier alpha value is -1.18. The van der Waals surface area contributed by atoms with Crippen LogP contribution in [0.3, 0.4) is 0 Å². The lowest BCUT2D eigenvalue weighted by Crippen LogP contribution is -1.97. The minimum Gasteiger partial charge on any atom is -0.380 e. The van der Waals surface area contributed by atoms with Crippen molar-refractivity contribution in [2.24, 2.45) is 0 Å². The largest absolute Gasteiger partial charge is 0.380 e. The lowest BCUT2D eigenvalue weighted by Gasteiger charge is -2.01. The van der Waals surface area contributed by atoms with Gasteiger partial charge in [-0.15, -0.1) is 11.3 Å². The molecule has 0 aliphatic heterocycles. The van der Waals surface area contributed by atoms with Crippen molar-refractivity contribution in [1.82, 2.24) is 4.98 Å². The Morgan fingerprint density at radius 2 is 2.64 bits per heavy atom. The average molecular weight is 166 g/mol. The number of nitriles is 1. The molecule has 1 N–H and O–H groups in total. The van der Waals surface area contributed by atoms with Crippen LogP contribution in [0.2, 0.25) is 0 Å². The van der Waals surface area contributed by atoms with Crippen molar-refractivity contribution in [3.8, 4) is 6.07 Å². The number of aromatic nitrogens is 1. The van der Waals surface area contributed by atoms with Gasteiger partial charge >= 0.3 is 0 Å². The van der Waals surface area contributed by atoms with Gasteiger partial charge in [-0.1, -0.05) is 6.58 Å². The van der Waals surface area contributed by atoms with Crippen molar-refractivity contribution < 1.29 is 5.11 Å². The highest BCUT2D eigenvalue weighted by Crippen LogP contribution is 2.20. The van der Waals surface area contributed by atoms with E-state index in [1.54, 1.807) is 17.6 Å². The first-order valence-electron chi connectivity index (χ1n) is 2.92. The number of aliphatic hydroxyl groups is 1. The monoisotopic (exact) mass is 166 g/mol. The van der Waals surface area contributed by atoms with Crippen molar-refractivity contribution in [1.29, 1.82) is 5.26 Å². The van der Waals surface area contributed by atoms with Crippen molar-refractivity contribution >= 4 is 11.3 Å². The highest BCUT2D eigenvalue weighted by atomic mass is 32.1. The predicted molar refractivity (Wildman–Crippen MR) is 41.8 cm³/mol. The first-order valence-corrected chi connectivity index (χ1v) is 3.80. The summed E-state index contributed by atoms with van der Waals surface area (Å²) >= 11 is 1.30. The normalized spacial score (nSPS) is 12.0. The van der Waals surface area contributed by atoms with Crippen LogP contribution in [0, 0.1) is 11.3 Å². The third-order valence-corrected chi connectivity index (χ3v) is 1.99. The highest BCUT2D eigenvalue weighted by Gasteiger charge is 2.12. The second kappa shape index (κ2) is 3.28. The van der Waals surface area contributed by atoms with Gasteiger partial charge in [-0.3, -0.25) is 0 Å². The fourth-order valence-corrected chi connectivity index (χ4v) is 1.23. The van der Waals surface area contributed by atoms with Crippen molar-refractivity contribution in [3.05, 3.63) is 28.7 Å². The second-order valence-electron chi connectivity index (χ2n) is 1.91. The molecule has 11 heavy (non-hydrogen) atoms. The average Bonchev–Trinajstić information content (AvgIpc) is 2.53. The smallest absolute Gasteiger partial charge is 0.140 e. The summed E-state index contributed by atoms with van der Waals surface area (Å²) in [6.45, 7) is 3.38. The number of rotatable bonds is 2. The maximum Gasteiger partial charge on any atom is 0.140 e. The zero-order chi connectivity index (χ0) is 8.27. The van der Waals surface area contributed by atoms with Crippen LogP contribution in [-0.2, 0) is 0 Å².